The van der Waals surface area contributed by atoms with Gasteiger partial charge in [-0.2, -0.15) is 0 Å². The molecule has 4 rings (SSSR count). The zero-order chi connectivity index (χ0) is 19.5. The monoisotopic (exact) mass is 393 g/mol. The molecule has 3 aromatic heterocycles. The molecule has 6 nitrogen and oxygen atoms in total. The molecule has 0 saturated heterocycles. The van der Waals surface area contributed by atoms with Gasteiger partial charge in [0.2, 0.25) is 0 Å². The lowest BCUT2D eigenvalue weighted by molar-refractivity contribution is 0.0997. The SMILES string of the molecule is Cc1c(C(=O)Nc2ncccc2OCc2ccncc2)oc2c(Cl)cccc12. The predicted octanol–water partition coefficient (Wildman–Crippen LogP) is 5.02. The van der Waals surface area contributed by atoms with Crippen LogP contribution in [0.5, 0.6) is 5.75 Å². The van der Waals surface area contributed by atoms with Gasteiger partial charge in [0, 0.05) is 29.5 Å². The summed E-state index contributed by atoms with van der Waals surface area (Å²) in [7, 11) is 0. The second-order valence-corrected chi connectivity index (χ2v) is 6.53. The number of rotatable bonds is 5. The van der Waals surface area contributed by atoms with Crippen LogP contribution in [0.25, 0.3) is 11.0 Å². The molecular weight excluding hydrogens is 378 g/mol. The molecule has 1 N–H and O–H groups in total. The summed E-state index contributed by atoms with van der Waals surface area (Å²) in [5, 5.41) is 4.02. The minimum Gasteiger partial charge on any atom is -0.485 e. The molecule has 28 heavy (non-hydrogen) atoms. The van der Waals surface area contributed by atoms with Crippen molar-refractivity contribution in [1.29, 1.82) is 0 Å². The fraction of sp³-hybridized carbons (Fsp3) is 0.0952. The number of benzene rings is 1. The van der Waals surface area contributed by atoms with Gasteiger partial charge in [-0.3, -0.25) is 9.78 Å². The summed E-state index contributed by atoms with van der Waals surface area (Å²) in [5.74, 6) is 0.540. The molecular formula is C21H16ClN3O3. The van der Waals surface area contributed by atoms with Crippen molar-refractivity contribution in [2.45, 2.75) is 13.5 Å². The van der Waals surface area contributed by atoms with E-state index in [2.05, 4.69) is 15.3 Å². The lowest BCUT2D eigenvalue weighted by atomic mass is 10.1. The molecule has 1 amide bonds. The number of hydrogen-bond acceptors (Lipinski definition) is 5. The quantitative estimate of drug-likeness (QED) is 0.515. The first-order chi connectivity index (χ1) is 13.6. The van der Waals surface area contributed by atoms with Crippen molar-refractivity contribution >= 4 is 34.3 Å². The molecule has 0 saturated carbocycles. The van der Waals surface area contributed by atoms with Crippen LogP contribution in [0, 0.1) is 6.92 Å². The Morgan fingerprint density at radius 3 is 2.75 bits per heavy atom. The number of carbonyl (C=O) groups is 1. The van der Waals surface area contributed by atoms with E-state index in [0.29, 0.717) is 34.3 Å². The molecule has 140 valence electrons. The summed E-state index contributed by atoms with van der Waals surface area (Å²) in [6, 6.07) is 12.6. The van der Waals surface area contributed by atoms with Crippen molar-refractivity contribution in [2.75, 3.05) is 5.32 Å². The molecule has 0 spiro atoms. The van der Waals surface area contributed by atoms with Gasteiger partial charge in [0.25, 0.3) is 5.91 Å². The summed E-state index contributed by atoms with van der Waals surface area (Å²) in [5.41, 5.74) is 2.16. The van der Waals surface area contributed by atoms with Crippen LogP contribution in [0.3, 0.4) is 0 Å². The van der Waals surface area contributed by atoms with Gasteiger partial charge in [-0.1, -0.05) is 23.7 Å². The Balaban J connectivity index is 1.57. The summed E-state index contributed by atoms with van der Waals surface area (Å²) in [4.78, 5) is 21.0. The van der Waals surface area contributed by atoms with Gasteiger partial charge in [-0.15, -0.1) is 0 Å². The fourth-order valence-electron chi connectivity index (χ4n) is 2.83. The van der Waals surface area contributed by atoms with E-state index in [1.807, 2.05) is 31.2 Å². The third kappa shape index (κ3) is 3.54. The van der Waals surface area contributed by atoms with E-state index in [4.69, 9.17) is 20.8 Å². The number of aryl methyl sites for hydroxylation is 1. The van der Waals surface area contributed by atoms with Gasteiger partial charge in [0.1, 0.15) is 6.61 Å². The summed E-state index contributed by atoms with van der Waals surface area (Å²) in [6.07, 6.45) is 4.97. The number of nitrogens with one attached hydrogen (secondary N) is 1. The van der Waals surface area contributed by atoms with Gasteiger partial charge in [0.05, 0.1) is 5.02 Å². The number of anilines is 1. The van der Waals surface area contributed by atoms with Crippen molar-refractivity contribution in [2.24, 2.45) is 0 Å². The molecule has 0 atom stereocenters. The third-order valence-corrected chi connectivity index (χ3v) is 4.57. The Morgan fingerprint density at radius 1 is 1.14 bits per heavy atom. The molecule has 0 bridgehead atoms. The van der Waals surface area contributed by atoms with Crippen LogP contribution in [-0.2, 0) is 6.61 Å². The molecule has 0 aliphatic heterocycles. The third-order valence-electron chi connectivity index (χ3n) is 4.27. The highest BCUT2D eigenvalue weighted by Gasteiger charge is 2.20. The number of para-hydroxylation sites is 1. The predicted molar refractivity (Wildman–Crippen MR) is 107 cm³/mol. The molecule has 1 aromatic carbocycles. The van der Waals surface area contributed by atoms with Crippen LogP contribution in [-0.4, -0.2) is 15.9 Å². The molecule has 0 aliphatic carbocycles. The average Bonchev–Trinajstić information content (AvgIpc) is 3.06. The van der Waals surface area contributed by atoms with Crippen LogP contribution in [0.15, 0.2) is 65.5 Å². The maximum atomic E-state index is 12.8. The maximum absolute atomic E-state index is 12.8. The van der Waals surface area contributed by atoms with Gasteiger partial charge in [-0.05, 0) is 42.8 Å². The Labute approximate surface area is 166 Å². The van der Waals surface area contributed by atoms with Crippen LogP contribution < -0.4 is 10.1 Å². The van der Waals surface area contributed by atoms with Crippen molar-refractivity contribution in [1.82, 2.24) is 9.97 Å². The molecule has 4 aromatic rings. The molecule has 7 heteroatoms. The summed E-state index contributed by atoms with van der Waals surface area (Å²) in [6.45, 7) is 2.15. The van der Waals surface area contributed by atoms with Crippen LogP contribution in [0.4, 0.5) is 5.82 Å². The summed E-state index contributed by atoms with van der Waals surface area (Å²) >= 11 is 6.17. The number of furan rings is 1. The van der Waals surface area contributed by atoms with Crippen molar-refractivity contribution in [3.63, 3.8) is 0 Å². The molecule has 0 fully saturated rings. The topological polar surface area (TPSA) is 77.2 Å². The Morgan fingerprint density at radius 2 is 1.96 bits per heavy atom. The van der Waals surface area contributed by atoms with E-state index in [1.165, 1.54) is 0 Å². The minimum absolute atomic E-state index is 0.189. The average molecular weight is 394 g/mol. The number of pyridine rings is 2. The Hall–Kier alpha value is -3.38. The van der Waals surface area contributed by atoms with Crippen molar-refractivity contribution in [3.05, 3.63) is 83.0 Å². The Kier molecular flexibility index (Phi) is 4.95. The second-order valence-electron chi connectivity index (χ2n) is 6.12. The smallest absolute Gasteiger partial charge is 0.292 e. The standard InChI is InChI=1S/C21H16ClN3O3/c1-13-15-4-2-5-16(22)19(15)28-18(13)21(26)25-20-17(6-3-9-24-20)27-12-14-7-10-23-11-8-14/h2-11H,12H2,1H3,(H,24,25,26). The molecule has 0 aliphatic rings. The van der Waals surface area contributed by atoms with Gasteiger partial charge < -0.3 is 14.5 Å². The Bertz CT molecular complexity index is 1140. The van der Waals surface area contributed by atoms with E-state index in [1.54, 1.807) is 36.8 Å². The highest BCUT2D eigenvalue weighted by atomic mass is 35.5. The lowest BCUT2D eigenvalue weighted by Crippen LogP contribution is -2.14. The van der Waals surface area contributed by atoms with Crippen molar-refractivity contribution in [3.8, 4) is 5.75 Å². The first kappa shape index (κ1) is 18.0. The van der Waals surface area contributed by atoms with Crippen LogP contribution >= 0.6 is 11.6 Å². The lowest BCUT2D eigenvalue weighted by Gasteiger charge is -2.11. The number of fused-ring (bicyclic) bond motifs is 1. The number of nitrogens with zero attached hydrogens (tertiary/aromatic N) is 2. The largest absolute Gasteiger partial charge is 0.485 e. The van der Waals surface area contributed by atoms with Crippen LogP contribution in [0.1, 0.15) is 21.7 Å². The van der Waals surface area contributed by atoms with E-state index in [-0.39, 0.29) is 5.76 Å². The number of ether oxygens (including phenoxy) is 1. The van der Waals surface area contributed by atoms with E-state index in [9.17, 15) is 4.79 Å². The molecule has 3 heterocycles. The number of carbonyl (C=O) groups excluding carboxylic acids is 1. The first-order valence-electron chi connectivity index (χ1n) is 8.59. The molecule has 0 radical (unpaired) electrons. The fourth-order valence-corrected chi connectivity index (χ4v) is 3.04. The minimum atomic E-state index is -0.419. The maximum Gasteiger partial charge on any atom is 0.292 e. The molecule has 0 unspecified atom stereocenters. The highest BCUT2D eigenvalue weighted by Crippen LogP contribution is 2.31. The second kappa shape index (κ2) is 7.70. The number of aromatic nitrogens is 2. The number of amides is 1. The number of hydrogen-bond donors (Lipinski definition) is 1. The number of halogens is 1. The first-order valence-corrected chi connectivity index (χ1v) is 8.97. The van der Waals surface area contributed by atoms with Crippen LogP contribution in [0.2, 0.25) is 5.02 Å². The summed E-state index contributed by atoms with van der Waals surface area (Å²) < 4.78 is 11.5. The van der Waals surface area contributed by atoms with Gasteiger partial charge in [0.15, 0.2) is 22.9 Å². The van der Waals surface area contributed by atoms with E-state index < -0.39 is 5.91 Å². The van der Waals surface area contributed by atoms with Crippen molar-refractivity contribution < 1.29 is 13.9 Å². The van der Waals surface area contributed by atoms with E-state index in [0.717, 1.165) is 10.9 Å². The normalized spacial score (nSPS) is 10.8. The van der Waals surface area contributed by atoms with Gasteiger partial charge in [-0.25, -0.2) is 4.98 Å². The zero-order valence-electron chi connectivity index (χ0n) is 15.0. The zero-order valence-corrected chi connectivity index (χ0v) is 15.7. The highest BCUT2D eigenvalue weighted by molar-refractivity contribution is 6.35. The van der Waals surface area contributed by atoms with E-state index >= 15 is 0 Å². The van der Waals surface area contributed by atoms with Gasteiger partial charge >= 0.3 is 0 Å².